The molecule has 0 amide bonds. The first-order valence-electron chi connectivity index (χ1n) is 6.28. The Morgan fingerprint density at radius 3 is 2.44 bits per heavy atom. The topological polar surface area (TPSA) is 12.0 Å². The average molecular weight is 238 g/mol. The Hall–Kier alpha value is -0.690. The van der Waals surface area contributed by atoms with E-state index in [9.17, 15) is 0 Å². The minimum atomic E-state index is 0.640. The fourth-order valence-corrected chi connectivity index (χ4v) is 2.52. The number of rotatable bonds is 2. The Balaban J connectivity index is 1.99. The van der Waals surface area contributed by atoms with Crippen LogP contribution in [0, 0.1) is 6.92 Å². The summed E-state index contributed by atoms with van der Waals surface area (Å²) in [6.45, 7) is 2.04. The fraction of sp³-hybridized carbons (Fsp3) is 0.571. The molecule has 0 unspecified atom stereocenters. The van der Waals surface area contributed by atoms with Gasteiger partial charge in [0, 0.05) is 16.8 Å². The third-order valence-corrected chi connectivity index (χ3v) is 3.80. The summed E-state index contributed by atoms with van der Waals surface area (Å²) in [7, 11) is 0. The highest BCUT2D eigenvalue weighted by Gasteiger charge is 2.11. The van der Waals surface area contributed by atoms with Gasteiger partial charge in [-0.05, 0) is 37.5 Å². The van der Waals surface area contributed by atoms with Crippen molar-refractivity contribution < 1.29 is 0 Å². The van der Waals surface area contributed by atoms with Crippen LogP contribution in [0.4, 0.5) is 5.69 Å². The summed E-state index contributed by atoms with van der Waals surface area (Å²) in [6.07, 6.45) is 8.10. The second-order valence-electron chi connectivity index (χ2n) is 4.80. The van der Waals surface area contributed by atoms with E-state index < -0.39 is 0 Å². The van der Waals surface area contributed by atoms with Crippen LogP contribution in [0.5, 0.6) is 0 Å². The van der Waals surface area contributed by atoms with Gasteiger partial charge in [0.05, 0.1) is 0 Å². The highest BCUT2D eigenvalue weighted by Crippen LogP contribution is 2.24. The molecule has 88 valence electrons. The standard InChI is InChI=1S/C14H20ClN/c1-11-8-9-13(10-14(11)15)16-12-6-4-2-3-5-7-12/h8-10,12,16H,2-7H2,1H3. The summed E-state index contributed by atoms with van der Waals surface area (Å²) in [5.41, 5.74) is 2.32. The van der Waals surface area contributed by atoms with Gasteiger partial charge in [-0.15, -0.1) is 0 Å². The van der Waals surface area contributed by atoms with E-state index >= 15 is 0 Å². The van der Waals surface area contributed by atoms with E-state index in [0.717, 1.165) is 10.6 Å². The lowest BCUT2D eigenvalue weighted by Crippen LogP contribution is -2.18. The first-order chi connectivity index (χ1) is 7.75. The molecular weight excluding hydrogens is 218 g/mol. The second kappa shape index (κ2) is 5.58. The lowest BCUT2D eigenvalue weighted by molar-refractivity contribution is 0.620. The molecule has 0 atom stereocenters. The smallest absolute Gasteiger partial charge is 0.0455 e. The minimum Gasteiger partial charge on any atom is -0.382 e. The van der Waals surface area contributed by atoms with Gasteiger partial charge in [0.1, 0.15) is 0 Å². The molecule has 1 aliphatic rings. The maximum Gasteiger partial charge on any atom is 0.0455 e. The summed E-state index contributed by atoms with van der Waals surface area (Å²) in [5, 5.41) is 4.46. The van der Waals surface area contributed by atoms with Crippen LogP contribution >= 0.6 is 11.6 Å². The number of hydrogen-bond donors (Lipinski definition) is 1. The van der Waals surface area contributed by atoms with Crippen molar-refractivity contribution in [2.24, 2.45) is 0 Å². The molecule has 16 heavy (non-hydrogen) atoms. The lowest BCUT2D eigenvalue weighted by Gasteiger charge is -2.18. The fourth-order valence-electron chi connectivity index (χ4n) is 2.34. The monoisotopic (exact) mass is 237 g/mol. The molecule has 1 saturated carbocycles. The molecule has 1 aromatic rings. The lowest BCUT2D eigenvalue weighted by atomic mass is 10.1. The van der Waals surface area contributed by atoms with Crippen molar-refractivity contribution in [2.45, 2.75) is 51.5 Å². The molecule has 1 aliphatic carbocycles. The third-order valence-electron chi connectivity index (χ3n) is 3.40. The molecule has 0 aromatic heterocycles. The third kappa shape index (κ3) is 3.15. The highest BCUT2D eigenvalue weighted by atomic mass is 35.5. The van der Waals surface area contributed by atoms with Crippen LogP contribution in [-0.4, -0.2) is 6.04 Å². The summed E-state index contributed by atoms with van der Waals surface area (Å²) in [5.74, 6) is 0. The summed E-state index contributed by atoms with van der Waals surface area (Å²) >= 11 is 6.12. The Labute approximate surface area is 103 Å². The molecule has 0 aliphatic heterocycles. The van der Waals surface area contributed by atoms with Crippen LogP contribution < -0.4 is 5.32 Å². The van der Waals surface area contributed by atoms with Crippen LogP contribution in [0.3, 0.4) is 0 Å². The first kappa shape index (κ1) is 11.8. The van der Waals surface area contributed by atoms with Crippen molar-refractivity contribution in [2.75, 3.05) is 5.32 Å². The van der Waals surface area contributed by atoms with Crippen molar-refractivity contribution in [3.8, 4) is 0 Å². The van der Waals surface area contributed by atoms with E-state index in [-0.39, 0.29) is 0 Å². The zero-order valence-electron chi connectivity index (χ0n) is 9.93. The van der Waals surface area contributed by atoms with Gasteiger partial charge in [-0.1, -0.05) is 43.4 Å². The quantitative estimate of drug-likeness (QED) is 0.730. The predicted octanol–water partition coefficient (Wildman–Crippen LogP) is 4.78. The van der Waals surface area contributed by atoms with E-state index in [1.54, 1.807) is 0 Å². The molecule has 1 aromatic carbocycles. The number of aryl methyl sites for hydroxylation is 1. The molecule has 1 nitrogen and oxygen atoms in total. The van der Waals surface area contributed by atoms with Crippen LogP contribution in [0.1, 0.15) is 44.1 Å². The number of benzene rings is 1. The number of nitrogens with one attached hydrogen (secondary N) is 1. The van der Waals surface area contributed by atoms with E-state index in [2.05, 4.69) is 17.4 Å². The minimum absolute atomic E-state index is 0.640. The molecular formula is C14H20ClN. The van der Waals surface area contributed by atoms with Gasteiger partial charge >= 0.3 is 0 Å². The zero-order chi connectivity index (χ0) is 11.4. The Kier molecular flexibility index (Phi) is 4.11. The average Bonchev–Trinajstić information content (AvgIpc) is 2.52. The molecule has 0 spiro atoms. The van der Waals surface area contributed by atoms with E-state index in [1.165, 1.54) is 44.2 Å². The molecule has 0 saturated heterocycles. The molecule has 0 radical (unpaired) electrons. The number of hydrogen-bond acceptors (Lipinski definition) is 1. The van der Waals surface area contributed by atoms with Crippen LogP contribution in [0.25, 0.3) is 0 Å². The van der Waals surface area contributed by atoms with Gasteiger partial charge in [0.2, 0.25) is 0 Å². The highest BCUT2D eigenvalue weighted by molar-refractivity contribution is 6.31. The van der Waals surface area contributed by atoms with E-state index in [0.29, 0.717) is 6.04 Å². The normalized spacial score (nSPS) is 18.1. The van der Waals surface area contributed by atoms with Crippen molar-refractivity contribution in [3.63, 3.8) is 0 Å². The molecule has 1 N–H and O–H groups in total. The summed E-state index contributed by atoms with van der Waals surface area (Å²) in [6, 6.07) is 6.90. The van der Waals surface area contributed by atoms with Gasteiger partial charge in [-0.3, -0.25) is 0 Å². The number of halogens is 1. The summed E-state index contributed by atoms with van der Waals surface area (Å²) in [4.78, 5) is 0. The van der Waals surface area contributed by atoms with Crippen molar-refractivity contribution in [3.05, 3.63) is 28.8 Å². The Morgan fingerprint density at radius 2 is 1.81 bits per heavy atom. The Morgan fingerprint density at radius 1 is 1.12 bits per heavy atom. The molecule has 0 bridgehead atoms. The van der Waals surface area contributed by atoms with Gasteiger partial charge in [0.15, 0.2) is 0 Å². The molecule has 0 heterocycles. The van der Waals surface area contributed by atoms with Crippen LogP contribution in [0.2, 0.25) is 5.02 Å². The van der Waals surface area contributed by atoms with Crippen LogP contribution in [0.15, 0.2) is 18.2 Å². The summed E-state index contributed by atoms with van der Waals surface area (Å²) < 4.78 is 0. The van der Waals surface area contributed by atoms with Crippen molar-refractivity contribution in [1.82, 2.24) is 0 Å². The van der Waals surface area contributed by atoms with E-state index in [4.69, 9.17) is 11.6 Å². The number of anilines is 1. The van der Waals surface area contributed by atoms with E-state index in [1.807, 2.05) is 13.0 Å². The Bertz CT molecular complexity index is 341. The van der Waals surface area contributed by atoms with Gasteiger partial charge in [-0.2, -0.15) is 0 Å². The van der Waals surface area contributed by atoms with Crippen molar-refractivity contribution >= 4 is 17.3 Å². The molecule has 2 heteroatoms. The second-order valence-corrected chi connectivity index (χ2v) is 5.20. The molecule has 2 rings (SSSR count). The predicted molar refractivity (Wildman–Crippen MR) is 71.3 cm³/mol. The van der Waals surface area contributed by atoms with Gasteiger partial charge < -0.3 is 5.32 Å². The van der Waals surface area contributed by atoms with Gasteiger partial charge in [0.25, 0.3) is 0 Å². The molecule has 1 fully saturated rings. The van der Waals surface area contributed by atoms with Gasteiger partial charge in [-0.25, -0.2) is 0 Å². The van der Waals surface area contributed by atoms with Crippen LogP contribution in [-0.2, 0) is 0 Å². The first-order valence-corrected chi connectivity index (χ1v) is 6.66. The largest absolute Gasteiger partial charge is 0.382 e. The maximum atomic E-state index is 6.12. The zero-order valence-corrected chi connectivity index (χ0v) is 10.7. The van der Waals surface area contributed by atoms with Crippen molar-refractivity contribution in [1.29, 1.82) is 0 Å². The SMILES string of the molecule is Cc1ccc(NC2CCCCCC2)cc1Cl. The maximum absolute atomic E-state index is 6.12.